The normalized spacial score (nSPS) is 13.9. The number of halogens is 1. The van der Waals surface area contributed by atoms with Gasteiger partial charge in [-0.15, -0.1) is 0 Å². The molecule has 7 nitrogen and oxygen atoms in total. The number of nitrogens with zero attached hydrogens (tertiary/aromatic N) is 3. The fourth-order valence-electron chi connectivity index (χ4n) is 3.69. The minimum atomic E-state index is -0.536. The molecule has 1 aliphatic heterocycles. The van der Waals surface area contributed by atoms with E-state index >= 15 is 0 Å². The summed E-state index contributed by atoms with van der Waals surface area (Å²) in [5.74, 6) is -0.502. The van der Waals surface area contributed by atoms with Crippen molar-refractivity contribution in [3.63, 3.8) is 0 Å². The zero-order valence-corrected chi connectivity index (χ0v) is 15.8. The van der Waals surface area contributed by atoms with Gasteiger partial charge in [0.25, 0.3) is 0 Å². The van der Waals surface area contributed by atoms with Gasteiger partial charge in [0.2, 0.25) is 0 Å². The molecule has 0 radical (unpaired) electrons. The van der Waals surface area contributed by atoms with Crippen molar-refractivity contribution in [3.05, 3.63) is 52.7 Å². The number of nitrogens with one attached hydrogen (secondary N) is 2. The van der Waals surface area contributed by atoms with E-state index in [-0.39, 0.29) is 11.4 Å². The third-order valence-corrected chi connectivity index (χ3v) is 5.21. The highest BCUT2D eigenvalue weighted by molar-refractivity contribution is 6.04. The predicted octanol–water partition coefficient (Wildman–Crippen LogP) is 3.26. The lowest BCUT2D eigenvalue weighted by Crippen LogP contribution is -2.24. The van der Waals surface area contributed by atoms with E-state index in [1.54, 1.807) is 41.4 Å². The molecule has 0 aliphatic carbocycles. The minimum Gasteiger partial charge on any atom is -0.370 e. The SMILES string of the molecule is Cn1c(=O)n(C)c2cc(N3CCCC3)c(NC(=O)Nc3ccccc3F)cc21. The number of aryl methyl sites for hydroxylation is 2. The minimum absolute atomic E-state index is 0.107. The largest absolute Gasteiger partial charge is 0.370 e. The molecule has 146 valence electrons. The zero-order valence-electron chi connectivity index (χ0n) is 15.8. The van der Waals surface area contributed by atoms with E-state index in [4.69, 9.17) is 0 Å². The summed E-state index contributed by atoms with van der Waals surface area (Å²) in [6.07, 6.45) is 2.15. The van der Waals surface area contributed by atoms with E-state index < -0.39 is 11.8 Å². The first-order valence-electron chi connectivity index (χ1n) is 9.22. The van der Waals surface area contributed by atoms with Gasteiger partial charge in [-0.05, 0) is 37.1 Å². The monoisotopic (exact) mass is 383 g/mol. The molecular formula is C20H22FN5O2. The fraction of sp³-hybridized carbons (Fsp3) is 0.300. The molecule has 0 atom stereocenters. The van der Waals surface area contributed by atoms with E-state index in [0.717, 1.165) is 42.7 Å². The van der Waals surface area contributed by atoms with Crippen LogP contribution in [0.15, 0.2) is 41.2 Å². The molecule has 2 heterocycles. The quantitative estimate of drug-likeness (QED) is 0.729. The maximum atomic E-state index is 13.8. The number of urea groups is 1. The van der Waals surface area contributed by atoms with Crippen LogP contribution in [-0.2, 0) is 14.1 Å². The summed E-state index contributed by atoms with van der Waals surface area (Å²) in [4.78, 5) is 27.0. The first kappa shape index (κ1) is 18.1. The van der Waals surface area contributed by atoms with Crippen LogP contribution in [0.4, 0.5) is 26.2 Å². The van der Waals surface area contributed by atoms with Gasteiger partial charge in [0, 0.05) is 27.2 Å². The second-order valence-electron chi connectivity index (χ2n) is 7.01. The molecule has 0 saturated carbocycles. The molecule has 1 aliphatic rings. The Balaban J connectivity index is 1.72. The van der Waals surface area contributed by atoms with Gasteiger partial charge in [-0.2, -0.15) is 0 Å². The standard InChI is InChI=1S/C20H22FN5O2/c1-24-17-11-15(23-19(27)22-14-8-4-3-7-13(14)21)16(26-9-5-6-10-26)12-18(17)25(2)20(24)28/h3-4,7-8,11-12H,5-6,9-10H2,1-2H3,(H2,22,23,27). The Bertz CT molecular complexity index is 1110. The lowest BCUT2D eigenvalue weighted by molar-refractivity contribution is 0.262. The Morgan fingerprint density at radius 3 is 2.25 bits per heavy atom. The number of para-hydroxylation sites is 1. The molecule has 4 rings (SSSR count). The van der Waals surface area contributed by atoms with E-state index in [0.29, 0.717) is 5.69 Å². The summed E-state index contributed by atoms with van der Waals surface area (Å²) in [5.41, 5.74) is 2.94. The molecule has 1 aromatic heterocycles. The predicted molar refractivity (Wildman–Crippen MR) is 109 cm³/mol. The third kappa shape index (κ3) is 3.11. The van der Waals surface area contributed by atoms with Crippen LogP contribution in [0, 0.1) is 5.82 Å². The van der Waals surface area contributed by atoms with Crippen LogP contribution in [0.2, 0.25) is 0 Å². The second kappa shape index (κ2) is 7.03. The number of benzene rings is 2. The summed E-state index contributed by atoms with van der Waals surface area (Å²) in [6.45, 7) is 1.77. The van der Waals surface area contributed by atoms with Crippen molar-refractivity contribution >= 4 is 34.1 Å². The summed E-state index contributed by atoms with van der Waals surface area (Å²) in [7, 11) is 3.43. The van der Waals surface area contributed by atoms with Crippen molar-refractivity contribution in [1.29, 1.82) is 0 Å². The topological polar surface area (TPSA) is 71.3 Å². The molecule has 2 aromatic carbocycles. The van der Waals surface area contributed by atoms with Gasteiger partial charge in [-0.25, -0.2) is 14.0 Å². The first-order valence-corrected chi connectivity index (χ1v) is 9.22. The number of hydrogen-bond donors (Lipinski definition) is 2. The van der Waals surface area contributed by atoms with E-state index in [2.05, 4.69) is 15.5 Å². The number of aromatic nitrogens is 2. The Morgan fingerprint density at radius 1 is 0.964 bits per heavy atom. The number of anilines is 3. The van der Waals surface area contributed by atoms with E-state index in [9.17, 15) is 14.0 Å². The van der Waals surface area contributed by atoms with Crippen LogP contribution < -0.4 is 21.2 Å². The molecule has 1 saturated heterocycles. The van der Waals surface area contributed by atoms with Gasteiger partial charge in [0.15, 0.2) is 0 Å². The molecule has 28 heavy (non-hydrogen) atoms. The number of carbonyl (C=O) groups excluding carboxylic acids is 1. The number of rotatable bonds is 3. The maximum absolute atomic E-state index is 13.8. The average molecular weight is 383 g/mol. The molecule has 0 unspecified atom stereocenters. The first-order chi connectivity index (χ1) is 13.5. The van der Waals surface area contributed by atoms with Gasteiger partial charge in [0.05, 0.1) is 28.1 Å². The van der Waals surface area contributed by atoms with Crippen molar-refractivity contribution in [1.82, 2.24) is 9.13 Å². The molecule has 2 N–H and O–H groups in total. The smallest absolute Gasteiger partial charge is 0.328 e. The second-order valence-corrected chi connectivity index (χ2v) is 7.01. The van der Waals surface area contributed by atoms with Crippen molar-refractivity contribution in [3.8, 4) is 0 Å². The van der Waals surface area contributed by atoms with Crippen LogP contribution >= 0.6 is 0 Å². The highest BCUT2D eigenvalue weighted by Gasteiger charge is 2.20. The Kier molecular flexibility index (Phi) is 4.54. The number of carbonyl (C=O) groups is 1. The third-order valence-electron chi connectivity index (χ3n) is 5.21. The highest BCUT2D eigenvalue weighted by atomic mass is 19.1. The maximum Gasteiger partial charge on any atom is 0.328 e. The molecule has 8 heteroatoms. The molecule has 0 bridgehead atoms. The summed E-state index contributed by atoms with van der Waals surface area (Å²) in [5, 5.41) is 5.37. The van der Waals surface area contributed by atoms with Crippen molar-refractivity contribution in [2.45, 2.75) is 12.8 Å². The summed E-state index contributed by atoms with van der Waals surface area (Å²) >= 11 is 0. The molecule has 3 aromatic rings. The molecule has 0 spiro atoms. The average Bonchev–Trinajstić information content (AvgIpc) is 3.28. The molecular weight excluding hydrogens is 361 g/mol. The van der Waals surface area contributed by atoms with Crippen molar-refractivity contribution in [2.24, 2.45) is 14.1 Å². The Hall–Kier alpha value is -3.29. The van der Waals surface area contributed by atoms with Crippen molar-refractivity contribution < 1.29 is 9.18 Å². The fourth-order valence-corrected chi connectivity index (χ4v) is 3.69. The van der Waals surface area contributed by atoms with Gasteiger partial charge in [-0.1, -0.05) is 12.1 Å². The highest BCUT2D eigenvalue weighted by Crippen LogP contribution is 2.33. The lowest BCUT2D eigenvalue weighted by atomic mass is 10.2. The van der Waals surface area contributed by atoms with Crippen molar-refractivity contribution in [2.75, 3.05) is 28.6 Å². The number of fused-ring (bicyclic) bond motifs is 1. The van der Waals surface area contributed by atoms with Gasteiger partial charge >= 0.3 is 11.7 Å². The van der Waals surface area contributed by atoms with E-state index in [1.165, 1.54) is 12.1 Å². The van der Waals surface area contributed by atoms with Crippen LogP contribution in [-0.4, -0.2) is 28.3 Å². The number of hydrogen-bond acceptors (Lipinski definition) is 3. The van der Waals surface area contributed by atoms with Crippen LogP contribution in [0.25, 0.3) is 11.0 Å². The number of amides is 2. The van der Waals surface area contributed by atoms with Crippen LogP contribution in [0.1, 0.15) is 12.8 Å². The molecule has 1 fully saturated rings. The summed E-state index contributed by atoms with van der Waals surface area (Å²) < 4.78 is 17.0. The van der Waals surface area contributed by atoms with Gasteiger partial charge in [0.1, 0.15) is 5.82 Å². The van der Waals surface area contributed by atoms with Gasteiger partial charge in [-0.3, -0.25) is 9.13 Å². The van der Waals surface area contributed by atoms with Crippen LogP contribution in [0.3, 0.4) is 0 Å². The number of imidazole rings is 1. The van der Waals surface area contributed by atoms with Gasteiger partial charge < -0.3 is 15.5 Å². The molecule has 2 amide bonds. The summed E-state index contributed by atoms with van der Waals surface area (Å²) in [6, 6.07) is 9.20. The lowest BCUT2D eigenvalue weighted by Gasteiger charge is -2.22. The zero-order chi connectivity index (χ0) is 19.8. The van der Waals surface area contributed by atoms with E-state index in [1.807, 2.05) is 6.07 Å². The Morgan fingerprint density at radius 2 is 1.57 bits per heavy atom. The van der Waals surface area contributed by atoms with Crippen LogP contribution in [0.5, 0.6) is 0 Å². The Labute approximate surface area is 161 Å².